The van der Waals surface area contributed by atoms with E-state index in [1.54, 1.807) is 6.07 Å². The van der Waals surface area contributed by atoms with Crippen LogP contribution in [-0.4, -0.2) is 33.0 Å². The monoisotopic (exact) mass is 568 g/mol. The predicted molar refractivity (Wildman–Crippen MR) is 170 cm³/mol. The van der Waals surface area contributed by atoms with Gasteiger partial charge in [-0.05, 0) is 54.2 Å². The number of aliphatic hydroxyl groups excluding tert-OH is 1. The molecule has 0 atom stereocenters. The summed E-state index contributed by atoms with van der Waals surface area (Å²) in [6.07, 6.45) is 5.37. The first kappa shape index (κ1) is 27.0. The molecular weight excluding hydrogens is 535 g/mol. The molecule has 0 spiro atoms. The Hall–Kier alpha value is -4.81. The van der Waals surface area contributed by atoms with Gasteiger partial charge in [0.1, 0.15) is 22.9 Å². The molecule has 7 rings (SSSR count). The van der Waals surface area contributed by atoms with Crippen LogP contribution in [0.3, 0.4) is 0 Å². The number of aliphatic hydroxyl groups is 1. The van der Waals surface area contributed by atoms with Gasteiger partial charge in [0.05, 0.1) is 12.1 Å². The molecule has 3 heterocycles. The number of benzene rings is 4. The van der Waals surface area contributed by atoms with Crippen molar-refractivity contribution < 1.29 is 9.50 Å². The molecular formula is C37H33FN4O. The van der Waals surface area contributed by atoms with Crippen LogP contribution in [0.5, 0.6) is 0 Å². The largest absolute Gasteiger partial charge is 0.392 e. The maximum absolute atomic E-state index is 15.6. The van der Waals surface area contributed by atoms with E-state index in [4.69, 9.17) is 10.1 Å². The van der Waals surface area contributed by atoms with Crippen LogP contribution in [0, 0.1) is 5.82 Å². The molecule has 0 aliphatic carbocycles. The lowest BCUT2D eigenvalue weighted by molar-refractivity contribution is 0.276. The minimum absolute atomic E-state index is 0.239. The van der Waals surface area contributed by atoms with Crippen LogP contribution in [0.15, 0.2) is 121 Å². The molecule has 0 unspecified atom stereocenters. The maximum Gasteiger partial charge on any atom is 0.138 e. The molecule has 1 aliphatic rings. The van der Waals surface area contributed by atoms with E-state index < -0.39 is 18.0 Å². The summed E-state index contributed by atoms with van der Waals surface area (Å²) in [5, 5.41) is 16.2. The Bertz CT molecular complexity index is 1750. The summed E-state index contributed by atoms with van der Waals surface area (Å²) in [4.78, 5) is 7.03. The van der Waals surface area contributed by atoms with E-state index in [0.717, 1.165) is 65.1 Å². The fourth-order valence-electron chi connectivity index (χ4n) is 6.54. The summed E-state index contributed by atoms with van der Waals surface area (Å²) in [5.41, 5.74) is 4.57. The van der Waals surface area contributed by atoms with E-state index in [1.807, 2.05) is 71.5 Å². The highest BCUT2D eigenvalue weighted by Crippen LogP contribution is 2.44. The van der Waals surface area contributed by atoms with Crippen LogP contribution in [0.25, 0.3) is 22.2 Å². The number of aromatic nitrogens is 3. The number of halogens is 1. The van der Waals surface area contributed by atoms with Gasteiger partial charge in [0.2, 0.25) is 0 Å². The van der Waals surface area contributed by atoms with E-state index in [9.17, 15) is 5.11 Å². The van der Waals surface area contributed by atoms with Gasteiger partial charge in [-0.3, -0.25) is 0 Å². The van der Waals surface area contributed by atoms with E-state index in [2.05, 4.69) is 47.4 Å². The molecule has 1 saturated heterocycles. The van der Waals surface area contributed by atoms with Crippen molar-refractivity contribution in [2.45, 2.75) is 31.4 Å². The van der Waals surface area contributed by atoms with E-state index in [1.165, 1.54) is 12.5 Å². The quantitative estimate of drug-likeness (QED) is 0.202. The zero-order chi connectivity index (χ0) is 29.2. The highest BCUT2D eigenvalue weighted by molar-refractivity contribution is 5.95. The third kappa shape index (κ3) is 4.68. The molecule has 0 bridgehead atoms. The first-order valence-corrected chi connectivity index (χ1v) is 14.9. The smallest absolute Gasteiger partial charge is 0.138 e. The Morgan fingerprint density at radius 3 is 1.86 bits per heavy atom. The van der Waals surface area contributed by atoms with Gasteiger partial charge >= 0.3 is 0 Å². The molecule has 6 heteroatoms. The normalized spacial score (nSPS) is 13.9. The molecule has 43 heavy (non-hydrogen) atoms. The van der Waals surface area contributed by atoms with Gasteiger partial charge in [0, 0.05) is 41.9 Å². The number of fused-ring (bicyclic) bond motifs is 1. The zero-order valence-corrected chi connectivity index (χ0v) is 23.9. The molecule has 2 aromatic heterocycles. The number of hydrogen-bond donors (Lipinski definition) is 1. The van der Waals surface area contributed by atoms with Crippen LogP contribution in [0.4, 0.5) is 10.2 Å². The molecule has 1 aliphatic heterocycles. The van der Waals surface area contributed by atoms with Crippen LogP contribution < -0.4 is 4.90 Å². The zero-order valence-electron chi connectivity index (χ0n) is 23.9. The lowest BCUT2D eigenvalue weighted by atomic mass is 9.77. The Labute approximate surface area is 250 Å². The maximum atomic E-state index is 15.6. The lowest BCUT2D eigenvalue weighted by Crippen LogP contribution is -2.38. The number of rotatable bonds is 7. The minimum atomic E-state index is -0.920. The molecule has 214 valence electrons. The fraction of sp³-hybridized carbons (Fsp3) is 0.189. The van der Waals surface area contributed by atoms with Gasteiger partial charge in [0.15, 0.2) is 0 Å². The van der Waals surface area contributed by atoms with Crippen LogP contribution in [0.1, 0.15) is 41.5 Å². The Balaban J connectivity index is 1.57. The van der Waals surface area contributed by atoms with Crippen molar-refractivity contribution in [3.05, 3.63) is 150 Å². The van der Waals surface area contributed by atoms with Crippen molar-refractivity contribution in [2.75, 3.05) is 18.0 Å². The summed E-state index contributed by atoms with van der Waals surface area (Å²) in [6, 6.07) is 38.1. The highest BCUT2D eigenvalue weighted by Gasteiger charge is 2.41. The lowest BCUT2D eigenvalue weighted by Gasteiger charge is -2.37. The highest BCUT2D eigenvalue weighted by atomic mass is 19.1. The Kier molecular flexibility index (Phi) is 7.21. The predicted octanol–water partition coefficient (Wildman–Crippen LogP) is 7.56. The second kappa shape index (κ2) is 11.5. The summed E-state index contributed by atoms with van der Waals surface area (Å²) < 4.78 is 17.6. The number of pyridine rings is 1. The van der Waals surface area contributed by atoms with Gasteiger partial charge in [-0.2, -0.15) is 5.10 Å². The average Bonchev–Trinajstić information content (AvgIpc) is 3.45. The van der Waals surface area contributed by atoms with Crippen molar-refractivity contribution in [3.8, 4) is 11.3 Å². The first-order valence-electron chi connectivity index (χ1n) is 14.9. The molecule has 1 N–H and O–H groups in total. The molecule has 1 fully saturated rings. The van der Waals surface area contributed by atoms with Crippen LogP contribution >= 0.6 is 0 Å². The van der Waals surface area contributed by atoms with E-state index in [0.29, 0.717) is 5.52 Å². The van der Waals surface area contributed by atoms with Crippen molar-refractivity contribution in [1.29, 1.82) is 0 Å². The molecule has 4 aromatic carbocycles. The van der Waals surface area contributed by atoms with Crippen molar-refractivity contribution in [1.82, 2.24) is 14.8 Å². The molecule has 0 saturated carbocycles. The van der Waals surface area contributed by atoms with Crippen LogP contribution in [-0.2, 0) is 12.1 Å². The number of anilines is 1. The van der Waals surface area contributed by atoms with Gasteiger partial charge in [0.25, 0.3) is 0 Å². The second-order valence-corrected chi connectivity index (χ2v) is 11.1. The van der Waals surface area contributed by atoms with E-state index in [-0.39, 0.29) is 5.56 Å². The summed E-state index contributed by atoms with van der Waals surface area (Å²) in [5.74, 6) is 0.458. The molecule has 0 amide bonds. The summed E-state index contributed by atoms with van der Waals surface area (Å²) in [7, 11) is 0. The van der Waals surface area contributed by atoms with Gasteiger partial charge in [-0.15, -0.1) is 0 Å². The fourth-order valence-corrected chi connectivity index (χ4v) is 6.54. The van der Waals surface area contributed by atoms with Gasteiger partial charge in [-0.1, -0.05) is 91.0 Å². The summed E-state index contributed by atoms with van der Waals surface area (Å²) >= 11 is 0. The molecule has 6 aromatic rings. The van der Waals surface area contributed by atoms with Crippen molar-refractivity contribution in [3.63, 3.8) is 0 Å². The standard InChI is InChI=1S/C37H33FN4O/c38-33-25-34-32(23-28(33)26-43)36(27-19-20-39-35(24-27)41-21-11-4-12-22-41)40-42(34)37(29-13-5-1-6-14-29,30-15-7-2-8-16-30)31-17-9-3-10-18-31/h1-3,5-10,13-20,23-25,43H,4,11-12,21-22,26H2. The van der Waals surface area contributed by atoms with E-state index >= 15 is 4.39 Å². The topological polar surface area (TPSA) is 54.2 Å². The SMILES string of the molecule is OCc1cc2c(-c3ccnc(N4CCCCC4)c3)nn(C(c3ccccc3)(c3ccccc3)c3ccccc3)c2cc1F. The van der Waals surface area contributed by atoms with Crippen LogP contribution in [0.2, 0.25) is 0 Å². The number of piperidine rings is 1. The minimum Gasteiger partial charge on any atom is -0.392 e. The first-order chi connectivity index (χ1) is 21.2. The third-order valence-electron chi connectivity index (χ3n) is 8.61. The molecule has 5 nitrogen and oxygen atoms in total. The second-order valence-electron chi connectivity index (χ2n) is 11.1. The third-order valence-corrected chi connectivity index (χ3v) is 8.61. The average molecular weight is 569 g/mol. The Morgan fingerprint density at radius 2 is 1.30 bits per heavy atom. The van der Waals surface area contributed by atoms with Crippen molar-refractivity contribution >= 4 is 16.7 Å². The summed E-state index contributed by atoms with van der Waals surface area (Å²) in [6.45, 7) is 1.55. The van der Waals surface area contributed by atoms with Gasteiger partial charge < -0.3 is 10.0 Å². The molecule has 0 radical (unpaired) electrons. The number of hydrogen-bond acceptors (Lipinski definition) is 4. The number of nitrogens with zero attached hydrogens (tertiary/aromatic N) is 4. The Morgan fingerprint density at radius 1 is 0.721 bits per heavy atom. The van der Waals surface area contributed by atoms with Gasteiger partial charge in [-0.25, -0.2) is 14.1 Å². The van der Waals surface area contributed by atoms with Crippen molar-refractivity contribution in [2.24, 2.45) is 0 Å².